The molecule has 0 aromatic rings. The van der Waals surface area contributed by atoms with E-state index in [2.05, 4.69) is 23.9 Å². The molecule has 1 unspecified atom stereocenters. The van der Waals surface area contributed by atoms with Crippen LogP contribution in [0.3, 0.4) is 0 Å². The highest BCUT2D eigenvalue weighted by Gasteiger charge is 2.58. The highest BCUT2D eigenvalue weighted by molar-refractivity contribution is 5.12. The van der Waals surface area contributed by atoms with Gasteiger partial charge in [0.05, 0.1) is 0 Å². The van der Waals surface area contributed by atoms with Gasteiger partial charge in [-0.2, -0.15) is 0 Å². The van der Waals surface area contributed by atoms with Crippen molar-refractivity contribution in [3.05, 3.63) is 0 Å². The lowest BCUT2D eigenvalue weighted by molar-refractivity contribution is -0.126. The molecule has 120 valence electrons. The molecule has 21 heavy (non-hydrogen) atoms. The van der Waals surface area contributed by atoms with E-state index in [9.17, 15) is 0 Å². The molecule has 0 aromatic carbocycles. The Morgan fingerprint density at radius 1 is 1.10 bits per heavy atom. The van der Waals surface area contributed by atoms with Crippen LogP contribution in [0.4, 0.5) is 0 Å². The second-order valence-electron chi connectivity index (χ2n) is 8.66. The average Bonchev–Trinajstić information content (AvgIpc) is 2.84. The third-order valence-electron chi connectivity index (χ3n) is 7.75. The Labute approximate surface area is 130 Å². The molecule has 2 N–H and O–H groups in total. The van der Waals surface area contributed by atoms with Crippen molar-refractivity contribution in [3.8, 4) is 0 Å². The molecule has 5 aliphatic rings. The van der Waals surface area contributed by atoms with Gasteiger partial charge < -0.3 is 10.6 Å². The zero-order chi connectivity index (χ0) is 14.6. The van der Waals surface area contributed by atoms with E-state index in [1.807, 2.05) is 0 Å². The van der Waals surface area contributed by atoms with Crippen molar-refractivity contribution < 1.29 is 0 Å². The van der Waals surface area contributed by atoms with Crippen molar-refractivity contribution in [1.29, 1.82) is 0 Å². The van der Waals surface area contributed by atoms with Gasteiger partial charge in [0.2, 0.25) is 0 Å². The standard InChI is InChI=1S/C18H33N3/c1-20-5-3-4-17(20)11-21(2)18(12-19)15-7-13-6-14(9-15)10-16(18)8-13/h13-17H,3-12,19H2,1-2H3. The fraction of sp³-hybridized carbons (Fsp3) is 1.00. The maximum atomic E-state index is 6.44. The Hall–Kier alpha value is -0.120. The molecule has 1 saturated heterocycles. The number of likely N-dealkylation sites (tertiary alicyclic amines) is 1. The topological polar surface area (TPSA) is 32.5 Å². The van der Waals surface area contributed by atoms with E-state index in [0.717, 1.165) is 36.3 Å². The largest absolute Gasteiger partial charge is 0.329 e. The smallest absolute Gasteiger partial charge is 0.0385 e. The molecule has 3 heteroatoms. The van der Waals surface area contributed by atoms with Crippen LogP contribution in [0.1, 0.15) is 44.9 Å². The Balaban J connectivity index is 1.55. The van der Waals surface area contributed by atoms with Crippen LogP contribution < -0.4 is 5.73 Å². The second-order valence-corrected chi connectivity index (χ2v) is 8.66. The van der Waals surface area contributed by atoms with Crippen LogP contribution in [0.15, 0.2) is 0 Å². The van der Waals surface area contributed by atoms with Gasteiger partial charge in [-0.3, -0.25) is 4.90 Å². The lowest BCUT2D eigenvalue weighted by Crippen LogP contribution is -2.69. The van der Waals surface area contributed by atoms with Gasteiger partial charge in [0.25, 0.3) is 0 Å². The van der Waals surface area contributed by atoms with Crippen molar-refractivity contribution >= 4 is 0 Å². The number of nitrogens with zero attached hydrogens (tertiary/aromatic N) is 2. The van der Waals surface area contributed by atoms with Crippen molar-refractivity contribution in [2.45, 2.75) is 56.5 Å². The van der Waals surface area contributed by atoms with E-state index in [4.69, 9.17) is 5.73 Å². The average molecular weight is 291 g/mol. The van der Waals surface area contributed by atoms with E-state index in [-0.39, 0.29) is 0 Å². The molecule has 0 radical (unpaired) electrons. The summed E-state index contributed by atoms with van der Waals surface area (Å²) >= 11 is 0. The molecular weight excluding hydrogens is 258 g/mol. The van der Waals surface area contributed by atoms with Crippen LogP contribution in [0, 0.1) is 23.7 Å². The van der Waals surface area contributed by atoms with Crippen LogP contribution in [0.25, 0.3) is 0 Å². The third kappa shape index (κ3) is 2.11. The summed E-state index contributed by atoms with van der Waals surface area (Å²) in [4.78, 5) is 5.30. The van der Waals surface area contributed by atoms with Gasteiger partial charge >= 0.3 is 0 Å². The Bertz CT molecular complexity index is 366. The van der Waals surface area contributed by atoms with Gasteiger partial charge in [0.1, 0.15) is 0 Å². The van der Waals surface area contributed by atoms with Crippen LogP contribution in [0.5, 0.6) is 0 Å². The molecule has 4 aliphatic carbocycles. The minimum atomic E-state index is 0.330. The first-order valence-electron chi connectivity index (χ1n) is 9.25. The van der Waals surface area contributed by atoms with Gasteiger partial charge in [0.15, 0.2) is 0 Å². The van der Waals surface area contributed by atoms with Gasteiger partial charge in [-0.05, 0) is 89.3 Å². The minimum Gasteiger partial charge on any atom is -0.329 e. The van der Waals surface area contributed by atoms with E-state index < -0.39 is 0 Å². The molecule has 0 amide bonds. The Morgan fingerprint density at radius 2 is 1.71 bits per heavy atom. The molecule has 4 bridgehead atoms. The van der Waals surface area contributed by atoms with Gasteiger partial charge in [-0.25, -0.2) is 0 Å². The molecule has 4 saturated carbocycles. The third-order valence-corrected chi connectivity index (χ3v) is 7.75. The van der Waals surface area contributed by atoms with E-state index in [1.54, 1.807) is 0 Å². The van der Waals surface area contributed by atoms with Crippen LogP contribution in [0.2, 0.25) is 0 Å². The van der Waals surface area contributed by atoms with Crippen LogP contribution in [-0.4, -0.2) is 55.1 Å². The molecule has 5 fully saturated rings. The summed E-state index contributed by atoms with van der Waals surface area (Å²) in [5.74, 6) is 3.84. The first kappa shape index (κ1) is 14.5. The zero-order valence-corrected chi connectivity index (χ0v) is 13.9. The SMILES string of the molecule is CN1CCCC1CN(C)C1(CN)C2CC3CC(C2)CC1C3. The van der Waals surface area contributed by atoms with Crippen molar-refractivity contribution in [1.82, 2.24) is 9.80 Å². The number of nitrogens with two attached hydrogens (primary N) is 1. The summed E-state index contributed by atoms with van der Waals surface area (Å²) in [5.41, 5.74) is 6.77. The second kappa shape index (κ2) is 5.21. The van der Waals surface area contributed by atoms with E-state index >= 15 is 0 Å². The maximum Gasteiger partial charge on any atom is 0.0385 e. The molecule has 1 aliphatic heterocycles. The highest BCUT2D eigenvalue weighted by Crippen LogP contribution is 2.59. The molecule has 0 spiro atoms. The van der Waals surface area contributed by atoms with E-state index in [1.165, 1.54) is 58.0 Å². The van der Waals surface area contributed by atoms with Gasteiger partial charge in [0, 0.05) is 24.7 Å². The van der Waals surface area contributed by atoms with Crippen molar-refractivity contribution in [2.24, 2.45) is 29.4 Å². The van der Waals surface area contributed by atoms with E-state index in [0.29, 0.717) is 5.54 Å². The molecule has 5 rings (SSSR count). The molecule has 3 nitrogen and oxygen atoms in total. The van der Waals surface area contributed by atoms with Crippen molar-refractivity contribution in [3.63, 3.8) is 0 Å². The van der Waals surface area contributed by atoms with Crippen LogP contribution in [-0.2, 0) is 0 Å². The summed E-state index contributed by atoms with van der Waals surface area (Å²) in [6.07, 6.45) is 10.2. The molecule has 0 aromatic heterocycles. The summed E-state index contributed by atoms with van der Waals surface area (Å²) in [7, 11) is 4.69. The minimum absolute atomic E-state index is 0.330. The number of hydrogen-bond acceptors (Lipinski definition) is 3. The normalized spacial score (nSPS) is 49.4. The number of rotatable bonds is 4. The predicted molar refractivity (Wildman–Crippen MR) is 87.1 cm³/mol. The number of hydrogen-bond donors (Lipinski definition) is 1. The van der Waals surface area contributed by atoms with Gasteiger partial charge in [-0.1, -0.05) is 0 Å². The fourth-order valence-corrected chi connectivity index (χ4v) is 6.81. The first-order valence-corrected chi connectivity index (χ1v) is 9.25. The monoisotopic (exact) mass is 291 g/mol. The summed E-state index contributed by atoms with van der Waals surface area (Å²) in [5, 5.41) is 0. The lowest BCUT2D eigenvalue weighted by Gasteiger charge is -2.64. The zero-order valence-electron chi connectivity index (χ0n) is 13.9. The first-order chi connectivity index (χ1) is 10.1. The predicted octanol–water partition coefficient (Wildman–Crippen LogP) is 2.17. The Morgan fingerprint density at radius 3 is 2.19 bits per heavy atom. The molecule has 1 atom stereocenters. The quantitative estimate of drug-likeness (QED) is 0.861. The van der Waals surface area contributed by atoms with Crippen LogP contribution >= 0.6 is 0 Å². The molecular formula is C18H33N3. The molecule has 1 heterocycles. The summed E-state index contributed by atoms with van der Waals surface area (Å²) in [6, 6.07) is 0.760. The number of likely N-dealkylation sites (N-methyl/N-ethyl adjacent to an activating group) is 2. The summed E-state index contributed by atoms with van der Waals surface area (Å²) in [6.45, 7) is 3.40. The van der Waals surface area contributed by atoms with Gasteiger partial charge in [-0.15, -0.1) is 0 Å². The Kier molecular flexibility index (Phi) is 3.59. The fourth-order valence-electron chi connectivity index (χ4n) is 6.81. The van der Waals surface area contributed by atoms with Crippen molar-refractivity contribution in [2.75, 3.05) is 33.7 Å². The summed E-state index contributed by atoms with van der Waals surface area (Å²) < 4.78 is 0. The maximum absolute atomic E-state index is 6.44. The highest BCUT2D eigenvalue weighted by atomic mass is 15.3. The lowest BCUT2D eigenvalue weighted by atomic mass is 9.48.